The first-order valence-electron chi connectivity index (χ1n) is 11.0. The summed E-state index contributed by atoms with van der Waals surface area (Å²) in [7, 11) is -4.13. The summed E-state index contributed by atoms with van der Waals surface area (Å²) < 4.78 is 33.0. The fourth-order valence-corrected chi connectivity index (χ4v) is 4.36. The second-order valence-electron chi connectivity index (χ2n) is 7.79. The van der Waals surface area contributed by atoms with Gasteiger partial charge in [-0.1, -0.05) is 97.3 Å². The average Bonchev–Trinajstić information content (AvgIpc) is 2.58. The predicted octanol–water partition coefficient (Wildman–Crippen LogP) is 2.94. The summed E-state index contributed by atoms with van der Waals surface area (Å²) in [6.45, 7) is 4.00. The molecule has 0 aliphatic carbocycles. The zero-order valence-electron chi connectivity index (χ0n) is 18.3. The molecule has 0 aromatic rings. The summed E-state index contributed by atoms with van der Waals surface area (Å²) in [5.74, 6) is 0. The van der Waals surface area contributed by atoms with Crippen molar-refractivity contribution < 1.29 is 69.5 Å². The van der Waals surface area contributed by atoms with Crippen molar-refractivity contribution in [2.24, 2.45) is 0 Å². The van der Waals surface area contributed by atoms with E-state index in [1.54, 1.807) is 6.92 Å². The summed E-state index contributed by atoms with van der Waals surface area (Å²) in [5, 5.41) is 9.30. The molecule has 0 aromatic carbocycles. The Morgan fingerprint density at radius 2 is 1.07 bits per heavy atom. The topological polar surface area (TPSA) is 77.4 Å². The van der Waals surface area contributed by atoms with Crippen molar-refractivity contribution in [1.82, 2.24) is 0 Å². The molecule has 4 nitrogen and oxygen atoms in total. The molecule has 2 unspecified atom stereocenters. The molecule has 0 amide bonds. The van der Waals surface area contributed by atoms with E-state index >= 15 is 0 Å². The molecule has 27 heavy (non-hydrogen) atoms. The van der Waals surface area contributed by atoms with Gasteiger partial charge in [-0.2, -0.15) is 0 Å². The van der Waals surface area contributed by atoms with Crippen LogP contribution in [0.3, 0.4) is 0 Å². The molecule has 0 aliphatic heterocycles. The molecule has 0 bridgehead atoms. The van der Waals surface area contributed by atoms with Crippen LogP contribution in [0.4, 0.5) is 0 Å². The van der Waals surface area contributed by atoms with Crippen molar-refractivity contribution in [3.63, 3.8) is 0 Å². The van der Waals surface area contributed by atoms with Gasteiger partial charge in [-0.05, 0) is 25.7 Å². The molecule has 0 aromatic heterocycles. The van der Waals surface area contributed by atoms with Crippen molar-refractivity contribution in [3.8, 4) is 0 Å². The van der Waals surface area contributed by atoms with Crippen LogP contribution in [0.15, 0.2) is 0 Å². The maximum atomic E-state index is 11.0. The molecule has 158 valence electrons. The molecule has 0 aliphatic rings. The van der Waals surface area contributed by atoms with Gasteiger partial charge in [-0.15, -0.1) is 0 Å². The molecule has 0 heterocycles. The van der Waals surface area contributed by atoms with Crippen molar-refractivity contribution in [2.45, 2.75) is 134 Å². The van der Waals surface area contributed by atoms with E-state index < -0.39 is 15.4 Å². The number of hydrogen-bond acceptors (Lipinski definition) is 4. The van der Waals surface area contributed by atoms with Gasteiger partial charge >= 0.3 is 51.4 Å². The summed E-state index contributed by atoms with van der Waals surface area (Å²) in [4.78, 5) is 0. The fraction of sp³-hybridized carbons (Fsp3) is 1.00. The van der Waals surface area contributed by atoms with Crippen LogP contribution in [0.25, 0.3) is 0 Å². The number of aliphatic hydroxyl groups is 1. The minimum absolute atomic E-state index is 0. The normalized spacial score (nSPS) is 13.9. The molecule has 2 atom stereocenters. The van der Waals surface area contributed by atoms with Crippen LogP contribution in [-0.2, 0) is 10.1 Å². The van der Waals surface area contributed by atoms with E-state index in [9.17, 15) is 18.1 Å². The standard InChI is InChI=1S/C21H44O4S.K/c1-3-5-6-7-8-9-10-11-14-17-20(22)18-15-12-13-16-19-21(4-2)26(23,24)25;/h20-22H,3-19H2,1-2H3,(H,23,24,25);/q;+1/p-1. The van der Waals surface area contributed by atoms with E-state index in [4.69, 9.17) is 0 Å². The van der Waals surface area contributed by atoms with E-state index in [0.29, 0.717) is 12.8 Å². The third-order valence-corrected chi connectivity index (χ3v) is 6.70. The van der Waals surface area contributed by atoms with Crippen LogP contribution >= 0.6 is 0 Å². The third kappa shape index (κ3) is 20.6. The monoisotopic (exact) mass is 430 g/mol. The smallest absolute Gasteiger partial charge is 0.748 e. The van der Waals surface area contributed by atoms with Gasteiger partial charge in [0.05, 0.1) is 16.2 Å². The Morgan fingerprint density at radius 1 is 0.704 bits per heavy atom. The summed E-state index contributed by atoms with van der Waals surface area (Å²) in [5.41, 5.74) is 0. The van der Waals surface area contributed by atoms with Gasteiger partial charge < -0.3 is 9.66 Å². The maximum absolute atomic E-state index is 11.0. The quantitative estimate of drug-likeness (QED) is 0.194. The van der Waals surface area contributed by atoms with Gasteiger partial charge in [0.25, 0.3) is 0 Å². The summed E-state index contributed by atoms with van der Waals surface area (Å²) >= 11 is 0. The maximum Gasteiger partial charge on any atom is 1.00 e. The summed E-state index contributed by atoms with van der Waals surface area (Å²) in [6, 6.07) is 0. The van der Waals surface area contributed by atoms with Crippen LogP contribution in [0.1, 0.15) is 123 Å². The van der Waals surface area contributed by atoms with Crippen molar-refractivity contribution in [1.29, 1.82) is 0 Å². The largest absolute Gasteiger partial charge is 1.00 e. The predicted molar refractivity (Wildman–Crippen MR) is 109 cm³/mol. The van der Waals surface area contributed by atoms with Crippen LogP contribution in [0, 0.1) is 0 Å². The fourth-order valence-electron chi connectivity index (χ4n) is 3.49. The van der Waals surface area contributed by atoms with Gasteiger partial charge in [0.2, 0.25) is 0 Å². The Balaban J connectivity index is 0. The minimum Gasteiger partial charge on any atom is -0.748 e. The summed E-state index contributed by atoms with van der Waals surface area (Å²) in [6.07, 6.45) is 17.9. The van der Waals surface area contributed by atoms with Crippen molar-refractivity contribution in [2.75, 3.05) is 0 Å². The Kier molecular flexibility index (Phi) is 23.6. The van der Waals surface area contributed by atoms with Gasteiger partial charge in [0.1, 0.15) is 0 Å². The van der Waals surface area contributed by atoms with E-state index in [0.717, 1.165) is 44.9 Å². The number of aliphatic hydroxyl groups excluding tert-OH is 1. The first-order valence-corrected chi connectivity index (χ1v) is 12.5. The van der Waals surface area contributed by atoms with Crippen molar-refractivity contribution in [3.05, 3.63) is 0 Å². The van der Waals surface area contributed by atoms with Gasteiger partial charge in [0, 0.05) is 5.25 Å². The second kappa shape index (κ2) is 20.8. The SMILES string of the molecule is CCCCCCCCCCCC(O)CCCCCCC(CC)S(=O)(=O)[O-].[K+]. The first kappa shape index (κ1) is 30.7. The second-order valence-corrected chi connectivity index (χ2v) is 9.44. The van der Waals surface area contributed by atoms with Crippen LogP contribution in [0.2, 0.25) is 0 Å². The van der Waals surface area contributed by atoms with E-state index in [1.807, 2.05) is 0 Å². The molecule has 1 N–H and O–H groups in total. The van der Waals surface area contributed by atoms with Crippen LogP contribution in [-0.4, -0.2) is 29.4 Å². The molecular weight excluding hydrogens is 387 g/mol. The molecule has 6 heteroatoms. The van der Waals surface area contributed by atoms with Crippen LogP contribution in [0.5, 0.6) is 0 Å². The number of hydrogen-bond donors (Lipinski definition) is 1. The van der Waals surface area contributed by atoms with E-state index in [1.165, 1.54) is 51.4 Å². The molecular formula is C21H43KO4S. The number of unbranched alkanes of at least 4 members (excludes halogenated alkanes) is 11. The minimum atomic E-state index is -4.13. The van der Waals surface area contributed by atoms with E-state index in [-0.39, 0.29) is 57.5 Å². The Labute approximate surface area is 211 Å². The molecule has 0 rings (SSSR count). The molecule has 0 saturated carbocycles. The third-order valence-electron chi connectivity index (χ3n) is 5.32. The molecule has 0 fully saturated rings. The molecule has 0 saturated heterocycles. The Bertz CT molecular complexity index is 401. The zero-order chi connectivity index (χ0) is 19.7. The molecule has 0 spiro atoms. The van der Waals surface area contributed by atoms with Gasteiger partial charge in [-0.25, -0.2) is 8.42 Å². The van der Waals surface area contributed by atoms with Crippen molar-refractivity contribution >= 4 is 10.1 Å². The zero-order valence-corrected chi connectivity index (χ0v) is 22.2. The average molecular weight is 431 g/mol. The Morgan fingerprint density at radius 3 is 1.44 bits per heavy atom. The van der Waals surface area contributed by atoms with Gasteiger partial charge in [0.15, 0.2) is 0 Å². The van der Waals surface area contributed by atoms with E-state index in [2.05, 4.69) is 6.92 Å². The number of rotatable bonds is 19. The Hall–Kier alpha value is 1.51. The van der Waals surface area contributed by atoms with Gasteiger partial charge in [-0.3, -0.25) is 0 Å². The van der Waals surface area contributed by atoms with Crippen LogP contribution < -0.4 is 51.4 Å². The molecule has 0 radical (unpaired) electrons. The first-order chi connectivity index (χ1) is 12.4.